The molecule has 2 rings (SSSR count). The zero-order valence-corrected chi connectivity index (χ0v) is 9.83. The lowest BCUT2D eigenvalue weighted by Crippen LogP contribution is -2.31. The van der Waals surface area contributed by atoms with Crippen LogP contribution in [0.1, 0.15) is 5.56 Å². The van der Waals surface area contributed by atoms with Gasteiger partial charge in [0.15, 0.2) is 0 Å². The Hall–Kier alpha value is -1.84. The Morgan fingerprint density at radius 2 is 1.56 bits per heavy atom. The molecule has 0 fully saturated rings. The maximum atomic E-state index is 4.30. The van der Waals surface area contributed by atoms with Crippen molar-refractivity contribution < 1.29 is 0 Å². The highest BCUT2D eigenvalue weighted by Gasteiger charge is 2.18. The highest BCUT2D eigenvalue weighted by Crippen LogP contribution is 2.17. The molecule has 0 N–H and O–H groups in total. The maximum absolute atomic E-state index is 4.30. The van der Waals surface area contributed by atoms with E-state index in [1.807, 2.05) is 60.6 Å². The molecular weight excluding hydrogens is 200 g/mol. The van der Waals surface area contributed by atoms with Gasteiger partial charge in [-0.05, 0) is 19.1 Å². The van der Waals surface area contributed by atoms with Crippen molar-refractivity contribution in [2.24, 2.45) is 10.2 Å². The highest BCUT2D eigenvalue weighted by molar-refractivity contribution is 5.37. The third-order valence-electron chi connectivity index (χ3n) is 2.58. The predicted octanol–water partition coefficient (Wildman–Crippen LogP) is 2.71. The number of benzene rings is 1. The van der Waals surface area contributed by atoms with Crippen LogP contribution in [0.2, 0.25) is 0 Å². The van der Waals surface area contributed by atoms with E-state index in [2.05, 4.69) is 17.2 Å². The zero-order chi connectivity index (χ0) is 11.5. The van der Waals surface area contributed by atoms with Crippen molar-refractivity contribution in [2.75, 3.05) is 14.1 Å². The first-order valence-electron chi connectivity index (χ1n) is 5.26. The summed E-state index contributed by atoms with van der Waals surface area (Å²) >= 11 is 0. The van der Waals surface area contributed by atoms with Crippen molar-refractivity contribution in [1.82, 2.24) is 9.80 Å². The quantitative estimate of drug-likeness (QED) is 0.712. The fraction of sp³-hybridized carbons (Fsp3) is 0.333. The lowest BCUT2D eigenvalue weighted by Gasteiger charge is -2.21. The van der Waals surface area contributed by atoms with Crippen molar-refractivity contribution in [1.29, 1.82) is 0 Å². The monoisotopic (exact) mass is 216 g/mol. The summed E-state index contributed by atoms with van der Waals surface area (Å²) in [4.78, 5) is 4.02. The lowest BCUT2D eigenvalue weighted by molar-refractivity contribution is 0.206. The van der Waals surface area contributed by atoms with Gasteiger partial charge in [-0.25, -0.2) is 0 Å². The van der Waals surface area contributed by atoms with Gasteiger partial charge in [-0.15, -0.1) is 5.11 Å². The number of hydrogen-bond donors (Lipinski definition) is 0. The normalized spacial score (nSPS) is 16.7. The topological polar surface area (TPSA) is 31.2 Å². The molecule has 4 heteroatoms. The van der Waals surface area contributed by atoms with Gasteiger partial charge in [0.25, 0.3) is 0 Å². The summed E-state index contributed by atoms with van der Waals surface area (Å²) in [7, 11) is 3.97. The summed E-state index contributed by atoms with van der Waals surface area (Å²) in [6.45, 7) is 2.06. The van der Waals surface area contributed by atoms with E-state index in [1.54, 1.807) is 0 Å². The first kappa shape index (κ1) is 10.7. The molecule has 1 heterocycles. The summed E-state index contributed by atoms with van der Waals surface area (Å²) in [5.41, 5.74) is 2.12. The number of hydrogen-bond acceptors (Lipinski definition) is 4. The first-order chi connectivity index (χ1) is 7.66. The second-order valence-corrected chi connectivity index (χ2v) is 4.03. The van der Waals surface area contributed by atoms with Crippen LogP contribution >= 0.6 is 0 Å². The number of azo groups is 1. The van der Waals surface area contributed by atoms with Gasteiger partial charge in [0, 0.05) is 26.5 Å². The van der Waals surface area contributed by atoms with E-state index in [0.29, 0.717) is 0 Å². The second kappa shape index (κ2) is 4.35. The van der Waals surface area contributed by atoms with Gasteiger partial charge in [-0.2, -0.15) is 5.11 Å². The van der Waals surface area contributed by atoms with E-state index in [4.69, 9.17) is 0 Å². The van der Waals surface area contributed by atoms with E-state index in [1.165, 1.54) is 5.56 Å². The Morgan fingerprint density at radius 1 is 1.00 bits per heavy atom. The van der Waals surface area contributed by atoms with Crippen molar-refractivity contribution in [3.05, 3.63) is 42.2 Å². The average molecular weight is 216 g/mol. The largest absolute Gasteiger partial charge is 0.340 e. The standard InChI is InChI=1S/C12H16N4/c1-10-4-6-11(7-5-10)13-14-12-15(2)8-9-16(12)3/h4-9,12H,1-3H3. The number of nitrogens with zero attached hydrogens (tertiary/aromatic N) is 4. The number of rotatable bonds is 2. The summed E-state index contributed by atoms with van der Waals surface area (Å²) in [6.07, 6.45) is 3.94. The molecule has 0 bridgehead atoms. The average Bonchev–Trinajstić information content (AvgIpc) is 2.59. The molecule has 84 valence electrons. The Balaban J connectivity index is 2.07. The molecule has 0 saturated heterocycles. The van der Waals surface area contributed by atoms with E-state index in [-0.39, 0.29) is 6.29 Å². The van der Waals surface area contributed by atoms with Crippen LogP contribution in [0.5, 0.6) is 0 Å². The SMILES string of the molecule is Cc1ccc(N=NC2N(C)C=CN2C)cc1. The predicted molar refractivity (Wildman–Crippen MR) is 64.1 cm³/mol. The molecule has 1 aliphatic rings. The van der Waals surface area contributed by atoms with Gasteiger partial charge in [0.05, 0.1) is 5.69 Å². The van der Waals surface area contributed by atoms with Crippen LogP contribution < -0.4 is 0 Å². The van der Waals surface area contributed by atoms with Crippen LogP contribution in [0.3, 0.4) is 0 Å². The molecule has 0 amide bonds. The van der Waals surface area contributed by atoms with Crippen LogP contribution in [0.25, 0.3) is 0 Å². The molecule has 0 spiro atoms. The molecule has 16 heavy (non-hydrogen) atoms. The summed E-state index contributed by atoms with van der Waals surface area (Å²) < 4.78 is 0. The molecule has 0 aliphatic carbocycles. The van der Waals surface area contributed by atoms with Crippen LogP contribution in [0.15, 0.2) is 46.9 Å². The Kier molecular flexibility index (Phi) is 2.90. The molecule has 1 aromatic rings. The maximum Gasteiger partial charge on any atom is 0.217 e. The van der Waals surface area contributed by atoms with Crippen molar-refractivity contribution in [2.45, 2.75) is 13.2 Å². The fourth-order valence-electron chi connectivity index (χ4n) is 1.54. The molecule has 0 aromatic heterocycles. The third kappa shape index (κ3) is 2.21. The van der Waals surface area contributed by atoms with Crippen LogP contribution in [0, 0.1) is 6.92 Å². The minimum absolute atomic E-state index is 0.0266. The van der Waals surface area contributed by atoms with Gasteiger partial charge in [-0.1, -0.05) is 17.7 Å². The van der Waals surface area contributed by atoms with Crippen LogP contribution in [-0.4, -0.2) is 30.2 Å². The second-order valence-electron chi connectivity index (χ2n) is 4.03. The first-order valence-corrected chi connectivity index (χ1v) is 5.26. The highest BCUT2D eigenvalue weighted by atomic mass is 15.5. The Bertz CT molecular complexity index is 396. The molecule has 4 nitrogen and oxygen atoms in total. The van der Waals surface area contributed by atoms with Gasteiger partial charge in [0.1, 0.15) is 0 Å². The van der Waals surface area contributed by atoms with Gasteiger partial charge in [-0.3, -0.25) is 0 Å². The van der Waals surface area contributed by atoms with Crippen LogP contribution in [0.4, 0.5) is 5.69 Å². The van der Waals surface area contributed by atoms with Crippen molar-refractivity contribution >= 4 is 5.69 Å². The van der Waals surface area contributed by atoms with Gasteiger partial charge >= 0.3 is 0 Å². The fourth-order valence-corrected chi connectivity index (χ4v) is 1.54. The van der Waals surface area contributed by atoms with Gasteiger partial charge in [0.2, 0.25) is 6.29 Å². The summed E-state index contributed by atoms with van der Waals surface area (Å²) in [5.74, 6) is 0. The molecule has 0 saturated carbocycles. The number of aryl methyl sites for hydroxylation is 1. The molecule has 0 atom stereocenters. The molecule has 1 aromatic carbocycles. The van der Waals surface area contributed by atoms with E-state index in [0.717, 1.165) is 5.69 Å². The third-order valence-corrected chi connectivity index (χ3v) is 2.58. The molecule has 1 aliphatic heterocycles. The van der Waals surface area contributed by atoms with Crippen molar-refractivity contribution in [3.8, 4) is 0 Å². The Morgan fingerprint density at radius 3 is 2.12 bits per heavy atom. The van der Waals surface area contributed by atoms with E-state index < -0.39 is 0 Å². The molecule has 0 radical (unpaired) electrons. The smallest absolute Gasteiger partial charge is 0.217 e. The zero-order valence-electron chi connectivity index (χ0n) is 9.83. The van der Waals surface area contributed by atoms with E-state index in [9.17, 15) is 0 Å². The minimum Gasteiger partial charge on any atom is -0.340 e. The molecule has 0 unspecified atom stereocenters. The van der Waals surface area contributed by atoms with Crippen LogP contribution in [-0.2, 0) is 0 Å². The summed E-state index contributed by atoms with van der Waals surface area (Å²) in [5, 5.41) is 8.53. The Labute approximate surface area is 95.9 Å². The summed E-state index contributed by atoms with van der Waals surface area (Å²) in [6, 6.07) is 8.02. The minimum atomic E-state index is -0.0266. The van der Waals surface area contributed by atoms with Gasteiger partial charge < -0.3 is 9.80 Å². The molecular formula is C12H16N4. The van der Waals surface area contributed by atoms with E-state index >= 15 is 0 Å². The van der Waals surface area contributed by atoms with Crippen molar-refractivity contribution in [3.63, 3.8) is 0 Å². The lowest BCUT2D eigenvalue weighted by atomic mass is 10.2.